The average molecular weight is 293 g/mol. The summed E-state index contributed by atoms with van der Waals surface area (Å²) in [6.45, 7) is 0. The summed E-state index contributed by atoms with van der Waals surface area (Å²) in [5, 5.41) is 12.7. The lowest BCUT2D eigenvalue weighted by Gasteiger charge is -2.17. The standard InChI is InChI=1S/C17H11NO4/c19-14-11-8-4-5-9-12(11)15(20)16(21)13(14)17(22)18-10-6-2-1-3-7-10/h1-9,19H,(H,18,22). The van der Waals surface area contributed by atoms with E-state index < -0.39 is 28.8 Å². The number of rotatable bonds is 2. The average Bonchev–Trinajstić information content (AvgIpc) is 2.54. The summed E-state index contributed by atoms with van der Waals surface area (Å²) in [6.07, 6.45) is 0. The highest BCUT2D eigenvalue weighted by atomic mass is 16.3. The third-order valence-corrected chi connectivity index (χ3v) is 3.36. The summed E-state index contributed by atoms with van der Waals surface area (Å²) in [5.41, 5.74) is 0.214. The van der Waals surface area contributed by atoms with Crippen LogP contribution in [0.3, 0.4) is 0 Å². The third-order valence-electron chi connectivity index (χ3n) is 3.36. The summed E-state index contributed by atoms with van der Waals surface area (Å²) in [4.78, 5) is 36.4. The molecule has 0 bridgehead atoms. The summed E-state index contributed by atoms with van der Waals surface area (Å²) in [5.74, 6) is -3.10. The molecule has 0 fully saturated rings. The van der Waals surface area contributed by atoms with Crippen molar-refractivity contribution in [2.45, 2.75) is 0 Å². The first-order valence-corrected chi connectivity index (χ1v) is 6.57. The number of anilines is 1. The minimum Gasteiger partial charge on any atom is -0.506 e. The van der Waals surface area contributed by atoms with Crippen molar-refractivity contribution in [3.05, 3.63) is 71.3 Å². The smallest absolute Gasteiger partial charge is 0.263 e. The zero-order valence-corrected chi connectivity index (χ0v) is 11.4. The van der Waals surface area contributed by atoms with Gasteiger partial charge >= 0.3 is 0 Å². The zero-order valence-electron chi connectivity index (χ0n) is 11.4. The van der Waals surface area contributed by atoms with E-state index in [1.54, 1.807) is 42.5 Å². The molecule has 5 nitrogen and oxygen atoms in total. The number of para-hydroxylation sites is 1. The van der Waals surface area contributed by atoms with Crippen molar-refractivity contribution in [3.8, 4) is 0 Å². The molecule has 0 unspecified atom stereocenters. The number of aliphatic hydroxyl groups is 1. The van der Waals surface area contributed by atoms with E-state index in [-0.39, 0.29) is 11.1 Å². The van der Waals surface area contributed by atoms with Crippen molar-refractivity contribution in [2.24, 2.45) is 0 Å². The van der Waals surface area contributed by atoms with Crippen LogP contribution in [-0.2, 0) is 9.59 Å². The Morgan fingerprint density at radius 2 is 1.41 bits per heavy atom. The summed E-state index contributed by atoms with van der Waals surface area (Å²) < 4.78 is 0. The monoisotopic (exact) mass is 293 g/mol. The van der Waals surface area contributed by atoms with Crippen molar-refractivity contribution in [1.82, 2.24) is 0 Å². The van der Waals surface area contributed by atoms with Crippen LogP contribution in [-0.4, -0.2) is 22.6 Å². The number of carbonyl (C=O) groups is 3. The quantitative estimate of drug-likeness (QED) is 0.657. The number of carbonyl (C=O) groups excluding carboxylic acids is 3. The van der Waals surface area contributed by atoms with Gasteiger partial charge < -0.3 is 10.4 Å². The predicted molar refractivity (Wildman–Crippen MR) is 80.4 cm³/mol. The second-order valence-electron chi connectivity index (χ2n) is 4.75. The van der Waals surface area contributed by atoms with Crippen LogP contribution in [0.2, 0.25) is 0 Å². The lowest BCUT2D eigenvalue weighted by atomic mass is 9.88. The predicted octanol–water partition coefficient (Wildman–Crippen LogP) is 2.36. The van der Waals surface area contributed by atoms with Gasteiger partial charge in [0, 0.05) is 16.8 Å². The van der Waals surface area contributed by atoms with Gasteiger partial charge in [0.15, 0.2) is 0 Å². The molecule has 108 valence electrons. The molecule has 0 aliphatic heterocycles. The molecule has 0 heterocycles. The first kappa shape index (κ1) is 13.8. The third kappa shape index (κ3) is 2.18. The SMILES string of the molecule is O=C(Nc1ccccc1)C1=C(O)c2ccccc2C(=O)C1=O. The van der Waals surface area contributed by atoms with Crippen LogP contribution in [0.15, 0.2) is 60.2 Å². The van der Waals surface area contributed by atoms with E-state index in [0.29, 0.717) is 5.69 Å². The first-order chi connectivity index (χ1) is 10.6. The van der Waals surface area contributed by atoms with Crippen LogP contribution in [0.25, 0.3) is 5.76 Å². The van der Waals surface area contributed by atoms with Gasteiger partial charge in [0.1, 0.15) is 11.3 Å². The number of benzene rings is 2. The van der Waals surface area contributed by atoms with Gasteiger partial charge in [0.05, 0.1) is 0 Å². The van der Waals surface area contributed by atoms with Gasteiger partial charge in [-0.15, -0.1) is 0 Å². The van der Waals surface area contributed by atoms with Crippen LogP contribution < -0.4 is 5.32 Å². The van der Waals surface area contributed by atoms with Gasteiger partial charge in [-0.1, -0.05) is 42.5 Å². The molecule has 2 aromatic rings. The normalized spacial score (nSPS) is 13.8. The second-order valence-corrected chi connectivity index (χ2v) is 4.75. The molecule has 22 heavy (non-hydrogen) atoms. The summed E-state index contributed by atoms with van der Waals surface area (Å²) in [6, 6.07) is 14.6. The molecule has 1 amide bonds. The van der Waals surface area contributed by atoms with E-state index in [4.69, 9.17) is 0 Å². The molecule has 1 aliphatic rings. The fraction of sp³-hybridized carbons (Fsp3) is 0. The van der Waals surface area contributed by atoms with Gasteiger partial charge in [-0.3, -0.25) is 14.4 Å². The van der Waals surface area contributed by atoms with Gasteiger partial charge in [-0.05, 0) is 12.1 Å². The molecule has 0 aromatic heterocycles. The van der Waals surface area contributed by atoms with E-state index >= 15 is 0 Å². The molecular formula is C17H11NO4. The van der Waals surface area contributed by atoms with Crippen molar-refractivity contribution >= 4 is 28.9 Å². The van der Waals surface area contributed by atoms with E-state index in [1.165, 1.54) is 12.1 Å². The van der Waals surface area contributed by atoms with Crippen LogP contribution in [0.4, 0.5) is 5.69 Å². The summed E-state index contributed by atoms with van der Waals surface area (Å²) in [7, 11) is 0. The molecule has 1 aliphatic carbocycles. The van der Waals surface area contributed by atoms with Crippen LogP contribution in [0.1, 0.15) is 15.9 Å². The second kappa shape index (κ2) is 5.29. The largest absolute Gasteiger partial charge is 0.506 e. The minimum absolute atomic E-state index is 0.0984. The lowest BCUT2D eigenvalue weighted by Crippen LogP contribution is -2.31. The number of amides is 1. The van der Waals surface area contributed by atoms with E-state index in [2.05, 4.69) is 5.32 Å². The Morgan fingerprint density at radius 1 is 0.818 bits per heavy atom. The molecule has 3 rings (SSSR count). The van der Waals surface area contributed by atoms with Crippen molar-refractivity contribution in [2.75, 3.05) is 5.32 Å². The number of nitrogens with one attached hydrogen (secondary N) is 1. The van der Waals surface area contributed by atoms with E-state index in [9.17, 15) is 19.5 Å². The number of hydrogen-bond acceptors (Lipinski definition) is 4. The van der Waals surface area contributed by atoms with Crippen LogP contribution in [0.5, 0.6) is 0 Å². The molecule has 0 spiro atoms. The Balaban J connectivity index is 2.04. The van der Waals surface area contributed by atoms with Crippen molar-refractivity contribution in [1.29, 1.82) is 0 Å². The minimum atomic E-state index is -1.01. The Morgan fingerprint density at radius 3 is 2.09 bits per heavy atom. The number of hydrogen-bond donors (Lipinski definition) is 2. The van der Waals surface area contributed by atoms with Gasteiger partial charge in [-0.2, -0.15) is 0 Å². The fourth-order valence-corrected chi connectivity index (χ4v) is 2.29. The lowest BCUT2D eigenvalue weighted by molar-refractivity contribution is -0.118. The fourth-order valence-electron chi connectivity index (χ4n) is 2.29. The number of ketones is 2. The highest BCUT2D eigenvalue weighted by molar-refractivity contribution is 6.57. The van der Waals surface area contributed by atoms with Gasteiger partial charge in [0.25, 0.3) is 5.91 Å². The molecular weight excluding hydrogens is 282 g/mol. The Labute approximate surface area is 125 Å². The molecule has 5 heteroatoms. The van der Waals surface area contributed by atoms with Crippen molar-refractivity contribution in [3.63, 3.8) is 0 Å². The van der Waals surface area contributed by atoms with Crippen LogP contribution >= 0.6 is 0 Å². The maximum Gasteiger partial charge on any atom is 0.263 e. The maximum absolute atomic E-state index is 12.2. The topological polar surface area (TPSA) is 83.5 Å². The molecule has 0 radical (unpaired) electrons. The van der Waals surface area contributed by atoms with Gasteiger partial charge in [0.2, 0.25) is 11.6 Å². The zero-order chi connectivity index (χ0) is 15.7. The number of aliphatic hydroxyl groups excluding tert-OH is 1. The highest BCUT2D eigenvalue weighted by Gasteiger charge is 2.36. The highest BCUT2D eigenvalue weighted by Crippen LogP contribution is 2.28. The van der Waals surface area contributed by atoms with Gasteiger partial charge in [-0.25, -0.2) is 0 Å². The molecule has 2 aromatic carbocycles. The molecule has 0 saturated heterocycles. The molecule has 0 atom stereocenters. The Bertz CT molecular complexity index is 822. The molecule has 0 saturated carbocycles. The van der Waals surface area contributed by atoms with E-state index in [1.807, 2.05) is 0 Å². The maximum atomic E-state index is 12.2. The van der Waals surface area contributed by atoms with E-state index in [0.717, 1.165) is 0 Å². The Hall–Kier alpha value is -3.21. The summed E-state index contributed by atoms with van der Waals surface area (Å²) >= 11 is 0. The first-order valence-electron chi connectivity index (χ1n) is 6.57. The Kier molecular flexibility index (Phi) is 3.31. The van der Waals surface area contributed by atoms with Crippen molar-refractivity contribution < 1.29 is 19.5 Å². The molecule has 2 N–H and O–H groups in total. The number of fused-ring (bicyclic) bond motifs is 1. The van der Waals surface area contributed by atoms with Crippen LogP contribution in [0, 0.1) is 0 Å². The number of Topliss-reactive ketones (excluding diaryl/α,β-unsaturated/α-hetero) is 2.